The molecule has 0 spiro atoms. The zero-order valence-electron chi connectivity index (χ0n) is 15.9. The third-order valence-electron chi connectivity index (χ3n) is 6.55. The summed E-state index contributed by atoms with van der Waals surface area (Å²) in [5.74, 6) is 0.0603. The number of hydrogen-bond acceptors (Lipinski definition) is 4. The zero-order valence-corrected chi connectivity index (χ0v) is 17.4. The summed E-state index contributed by atoms with van der Waals surface area (Å²) in [5, 5.41) is 2.93. The number of amides is 2. The molecule has 0 aromatic heterocycles. The fourth-order valence-electron chi connectivity index (χ4n) is 4.84. The minimum atomic E-state index is -1.28. The maximum atomic E-state index is 14.6. The molecule has 4 atom stereocenters. The lowest BCUT2D eigenvalue weighted by Gasteiger charge is -2.50. The highest BCUT2D eigenvalue weighted by molar-refractivity contribution is 6.21. The van der Waals surface area contributed by atoms with Crippen molar-refractivity contribution in [3.05, 3.63) is 0 Å². The topological polar surface area (TPSA) is 61.9 Å². The third-order valence-corrected chi connectivity index (χ3v) is 7.32. The van der Waals surface area contributed by atoms with E-state index < -0.39 is 18.4 Å². The highest BCUT2D eigenvalue weighted by Gasteiger charge is 2.50. The van der Waals surface area contributed by atoms with Crippen LogP contribution in [0.5, 0.6) is 0 Å². The van der Waals surface area contributed by atoms with Gasteiger partial charge in [0.25, 0.3) is 0 Å². The van der Waals surface area contributed by atoms with Gasteiger partial charge in [-0.25, -0.2) is 4.39 Å². The van der Waals surface area contributed by atoms with E-state index in [0.29, 0.717) is 32.2 Å². The SMILES string of the molecule is O=C1[C@H](C2COC2)N(CC2CCC(Cl)CC2)C(=O)CN1C1NCC(Cl)CC1F. The van der Waals surface area contributed by atoms with Crippen LogP contribution in [-0.4, -0.2) is 83.6 Å². The van der Waals surface area contributed by atoms with E-state index in [0.717, 1.165) is 25.7 Å². The highest BCUT2D eigenvalue weighted by atomic mass is 35.5. The van der Waals surface area contributed by atoms with Crippen molar-refractivity contribution in [1.82, 2.24) is 15.1 Å². The number of halogens is 3. The monoisotopic (exact) mass is 435 g/mol. The number of hydrogen-bond donors (Lipinski definition) is 1. The average molecular weight is 436 g/mol. The Balaban J connectivity index is 1.49. The van der Waals surface area contributed by atoms with Gasteiger partial charge in [-0.2, -0.15) is 0 Å². The molecular formula is C19H28Cl2FN3O3. The molecule has 0 bridgehead atoms. The van der Waals surface area contributed by atoms with Crippen LogP contribution in [0.3, 0.4) is 0 Å². The Morgan fingerprint density at radius 2 is 1.82 bits per heavy atom. The largest absolute Gasteiger partial charge is 0.380 e. The van der Waals surface area contributed by atoms with Crippen LogP contribution < -0.4 is 5.32 Å². The van der Waals surface area contributed by atoms with Crippen molar-refractivity contribution >= 4 is 35.0 Å². The molecule has 1 N–H and O–H groups in total. The van der Waals surface area contributed by atoms with Gasteiger partial charge >= 0.3 is 0 Å². The van der Waals surface area contributed by atoms with Crippen LogP contribution in [0.2, 0.25) is 0 Å². The predicted octanol–water partition coefficient (Wildman–Crippen LogP) is 1.73. The van der Waals surface area contributed by atoms with E-state index in [1.165, 1.54) is 4.90 Å². The molecule has 1 aliphatic carbocycles. The van der Waals surface area contributed by atoms with Crippen LogP contribution in [0.4, 0.5) is 4.39 Å². The number of carbonyl (C=O) groups excluding carboxylic acids is 2. The van der Waals surface area contributed by atoms with Gasteiger partial charge in [0, 0.05) is 29.8 Å². The van der Waals surface area contributed by atoms with Crippen molar-refractivity contribution in [2.75, 3.05) is 32.8 Å². The van der Waals surface area contributed by atoms with Crippen LogP contribution >= 0.6 is 23.2 Å². The van der Waals surface area contributed by atoms with Gasteiger partial charge in [-0.05, 0) is 38.0 Å². The quantitative estimate of drug-likeness (QED) is 0.683. The van der Waals surface area contributed by atoms with Crippen LogP contribution in [0.1, 0.15) is 32.1 Å². The van der Waals surface area contributed by atoms with Gasteiger partial charge in [-0.1, -0.05) is 0 Å². The lowest BCUT2D eigenvalue weighted by molar-refractivity contribution is -0.173. The number of alkyl halides is 3. The molecule has 3 saturated heterocycles. The molecule has 3 aliphatic heterocycles. The van der Waals surface area contributed by atoms with Crippen molar-refractivity contribution in [3.8, 4) is 0 Å². The first-order chi connectivity index (χ1) is 13.4. The summed E-state index contributed by atoms with van der Waals surface area (Å²) >= 11 is 12.2. The molecule has 4 fully saturated rings. The van der Waals surface area contributed by atoms with Crippen molar-refractivity contribution in [3.63, 3.8) is 0 Å². The molecule has 28 heavy (non-hydrogen) atoms. The van der Waals surface area contributed by atoms with Gasteiger partial charge < -0.3 is 14.5 Å². The number of nitrogens with zero attached hydrogens (tertiary/aromatic N) is 2. The van der Waals surface area contributed by atoms with Gasteiger partial charge in [0.15, 0.2) is 0 Å². The van der Waals surface area contributed by atoms with Crippen LogP contribution in [0.25, 0.3) is 0 Å². The summed E-state index contributed by atoms with van der Waals surface area (Å²) in [4.78, 5) is 29.5. The first kappa shape index (κ1) is 20.6. The van der Waals surface area contributed by atoms with Crippen molar-refractivity contribution in [1.29, 1.82) is 0 Å². The van der Waals surface area contributed by atoms with E-state index in [1.807, 2.05) is 0 Å². The molecule has 3 unspecified atom stereocenters. The zero-order chi connectivity index (χ0) is 19.8. The highest BCUT2D eigenvalue weighted by Crippen LogP contribution is 2.33. The number of carbonyl (C=O) groups is 2. The van der Waals surface area contributed by atoms with Crippen LogP contribution in [0.15, 0.2) is 0 Å². The number of piperidine rings is 1. The number of rotatable bonds is 4. The number of piperazine rings is 1. The first-order valence-corrected chi connectivity index (χ1v) is 11.1. The molecular weight excluding hydrogens is 408 g/mol. The molecule has 0 aromatic carbocycles. The Bertz CT molecular complexity index is 601. The van der Waals surface area contributed by atoms with E-state index in [-0.39, 0.29) is 41.5 Å². The Hall–Kier alpha value is -0.630. The summed E-state index contributed by atoms with van der Waals surface area (Å²) in [5.41, 5.74) is 0. The van der Waals surface area contributed by atoms with Gasteiger partial charge in [0.2, 0.25) is 11.8 Å². The molecule has 4 rings (SSSR count). The lowest BCUT2D eigenvalue weighted by Crippen LogP contribution is -2.70. The molecule has 9 heteroatoms. The van der Waals surface area contributed by atoms with Crippen molar-refractivity contribution in [2.45, 2.75) is 61.2 Å². The Morgan fingerprint density at radius 3 is 2.43 bits per heavy atom. The second-order valence-corrected chi connectivity index (χ2v) is 9.81. The Labute approximate surface area is 175 Å². The summed E-state index contributed by atoms with van der Waals surface area (Å²) in [7, 11) is 0. The Morgan fingerprint density at radius 1 is 1.11 bits per heavy atom. The second-order valence-electron chi connectivity index (χ2n) is 8.57. The fourth-order valence-corrected chi connectivity index (χ4v) is 5.35. The van der Waals surface area contributed by atoms with E-state index in [2.05, 4.69) is 5.32 Å². The van der Waals surface area contributed by atoms with E-state index in [9.17, 15) is 14.0 Å². The maximum absolute atomic E-state index is 14.6. The smallest absolute Gasteiger partial charge is 0.247 e. The van der Waals surface area contributed by atoms with Crippen molar-refractivity contribution < 1.29 is 18.7 Å². The van der Waals surface area contributed by atoms with Gasteiger partial charge in [-0.15, -0.1) is 23.2 Å². The molecule has 1 saturated carbocycles. The fraction of sp³-hybridized carbons (Fsp3) is 0.895. The Kier molecular flexibility index (Phi) is 6.35. The standard InChI is InChI=1S/C19H28Cl2FN3O3/c20-13-3-1-11(2-4-13)7-24-16(26)8-25(18-15(22)5-14(21)6-23-18)19(27)17(24)12-9-28-10-12/h11-15,17-18,23H,1-10H2/t11?,13?,14?,15?,17-,18?/m0/s1. The van der Waals surface area contributed by atoms with E-state index in [4.69, 9.17) is 27.9 Å². The van der Waals surface area contributed by atoms with Crippen molar-refractivity contribution in [2.24, 2.45) is 11.8 Å². The summed E-state index contributed by atoms with van der Waals surface area (Å²) in [6, 6.07) is -0.563. The molecule has 0 radical (unpaired) electrons. The summed E-state index contributed by atoms with van der Waals surface area (Å²) in [6.07, 6.45) is 1.94. The number of nitrogens with one attached hydrogen (secondary N) is 1. The number of ether oxygens (including phenoxy) is 1. The van der Waals surface area contributed by atoms with E-state index >= 15 is 0 Å². The summed E-state index contributed by atoms with van der Waals surface area (Å²) < 4.78 is 19.9. The minimum Gasteiger partial charge on any atom is -0.380 e. The molecule has 2 amide bonds. The minimum absolute atomic E-state index is 0.0222. The third kappa shape index (κ3) is 4.13. The molecule has 0 aromatic rings. The van der Waals surface area contributed by atoms with Gasteiger partial charge in [0.1, 0.15) is 24.9 Å². The predicted molar refractivity (Wildman–Crippen MR) is 104 cm³/mol. The molecule has 4 aliphatic rings. The summed E-state index contributed by atoms with van der Waals surface area (Å²) in [6.45, 7) is 1.84. The maximum Gasteiger partial charge on any atom is 0.247 e. The van der Waals surface area contributed by atoms with Gasteiger partial charge in [-0.3, -0.25) is 14.9 Å². The van der Waals surface area contributed by atoms with Crippen LogP contribution in [-0.2, 0) is 14.3 Å². The van der Waals surface area contributed by atoms with Gasteiger partial charge in [0.05, 0.1) is 13.2 Å². The second kappa shape index (κ2) is 8.62. The molecule has 3 heterocycles. The normalized spacial score (nSPS) is 40.5. The van der Waals surface area contributed by atoms with Crippen LogP contribution in [0, 0.1) is 11.8 Å². The first-order valence-electron chi connectivity index (χ1n) is 10.3. The lowest BCUT2D eigenvalue weighted by atomic mass is 9.86. The van der Waals surface area contributed by atoms with E-state index in [1.54, 1.807) is 4.90 Å². The molecule has 6 nitrogen and oxygen atoms in total. The average Bonchev–Trinajstić information content (AvgIpc) is 2.61. The molecule has 158 valence electrons.